The minimum Gasteiger partial charge on any atom is -0.496 e. The monoisotopic (exact) mass is 419 g/mol. The predicted octanol–water partition coefficient (Wildman–Crippen LogP) is 3.52. The fourth-order valence-corrected chi connectivity index (χ4v) is 1.98. The van der Waals surface area contributed by atoms with Crippen molar-refractivity contribution in [3.63, 3.8) is 0 Å². The van der Waals surface area contributed by atoms with Gasteiger partial charge in [-0.25, -0.2) is 0 Å². The van der Waals surface area contributed by atoms with Crippen molar-refractivity contribution in [3.05, 3.63) is 29.3 Å². The van der Waals surface area contributed by atoms with E-state index in [9.17, 15) is 0 Å². The average molecular weight is 419 g/mol. The number of benzene rings is 1. The van der Waals surface area contributed by atoms with Gasteiger partial charge >= 0.3 is 0 Å². The van der Waals surface area contributed by atoms with Crippen LogP contribution in [0.2, 0.25) is 0 Å². The predicted molar refractivity (Wildman–Crippen MR) is 106 cm³/mol. The molecule has 0 aliphatic carbocycles. The molecular weight excluding hydrogens is 389 g/mol. The van der Waals surface area contributed by atoms with Gasteiger partial charge in [-0.15, -0.1) is 24.0 Å². The number of nitrogens with zero attached hydrogens (tertiary/aromatic N) is 1. The average Bonchev–Trinajstić information content (AvgIpc) is 2.39. The van der Waals surface area contributed by atoms with Crippen LogP contribution in [-0.2, 0) is 6.42 Å². The number of rotatable bonds is 5. The van der Waals surface area contributed by atoms with Gasteiger partial charge in [-0.1, -0.05) is 12.1 Å². The molecular formula is C17H30IN3O. The maximum absolute atomic E-state index is 5.36. The van der Waals surface area contributed by atoms with Crippen LogP contribution < -0.4 is 15.4 Å². The lowest BCUT2D eigenvalue weighted by Crippen LogP contribution is -2.47. The van der Waals surface area contributed by atoms with Gasteiger partial charge in [-0.05, 0) is 58.2 Å². The smallest absolute Gasteiger partial charge is 0.191 e. The van der Waals surface area contributed by atoms with Gasteiger partial charge in [-0.2, -0.15) is 0 Å². The van der Waals surface area contributed by atoms with Crippen molar-refractivity contribution in [1.82, 2.24) is 10.6 Å². The molecule has 0 aliphatic rings. The van der Waals surface area contributed by atoms with Crippen LogP contribution in [0.15, 0.2) is 23.2 Å². The molecule has 0 saturated heterocycles. The second kappa shape index (κ2) is 9.92. The van der Waals surface area contributed by atoms with E-state index in [1.807, 2.05) is 0 Å². The Balaban J connectivity index is 0.00000441. The number of hydrogen-bond donors (Lipinski definition) is 2. The quantitative estimate of drug-likeness (QED) is 0.436. The zero-order valence-corrected chi connectivity index (χ0v) is 16.9. The topological polar surface area (TPSA) is 45.7 Å². The van der Waals surface area contributed by atoms with E-state index in [-0.39, 0.29) is 29.5 Å². The molecule has 0 aliphatic heterocycles. The van der Waals surface area contributed by atoms with Gasteiger partial charge < -0.3 is 15.4 Å². The number of hydrogen-bond acceptors (Lipinski definition) is 2. The highest BCUT2D eigenvalue weighted by Gasteiger charge is 2.11. The summed E-state index contributed by atoms with van der Waals surface area (Å²) >= 11 is 0. The second-order valence-electron chi connectivity index (χ2n) is 6.19. The molecule has 22 heavy (non-hydrogen) atoms. The molecule has 1 aromatic carbocycles. The summed E-state index contributed by atoms with van der Waals surface area (Å²) in [6, 6.07) is 6.32. The maximum Gasteiger partial charge on any atom is 0.191 e. The summed E-state index contributed by atoms with van der Waals surface area (Å²) in [5.41, 5.74) is 2.41. The van der Waals surface area contributed by atoms with E-state index < -0.39 is 0 Å². The number of guanidine groups is 1. The normalized spacial score (nSPS) is 11.6. The summed E-state index contributed by atoms with van der Waals surface area (Å²) in [5, 5.41) is 6.66. The fourth-order valence-electron chi connectivity index (χ4n) is 1.98. The van der Waals surface area contributed by atoms with E-state index >= 15 is 0 Å². The Hall–Kier alpha value is -0.980. The Morgan fingerprint density at radius 2 is 1.95 bits per heavy atom. The molecule has 0 saturated carbocycles. The number of aliphatic imine (C=N–C) groups is 1. The van der Waals surface area contributed by atoms with Crippen LogP contribution in [0.1, 0.15) is 38.8 Å². The summed E-state index contributed by atoms with van der Waals surface area (Å²) in [7, 11) is 1.71. The molecule has 0 spiro atoms. The van der Waals surface area contributed by atoms with Crippen LogP contribution in [0.25, 0.3) is 0 Å². The van der Waals surface area contributed by atoms with Gasteiger partial charge in [0, 0.05) is 18.6 Å². The maximum atomic E-state index is 5.36. The first-order chi connectivity index (χ1) is 9.85. The minimum absolute atomic E-state index is 0. The Bertz CT molecular complexity index is 481. The summed E-state index contributed by atoms with van der Waals surface area (Å²) < 4.78 is 5.36. The molecule has 0 aromatic heterocycles. The first-order valence-electron chi connectivity index (χ1n) is 7.55. The Morgan fingerprint density at radius 1 is 1.27 bits per heavy atom. The summed E-state index contributed by atoms with van der Waals surface area (Å²) in [6.45, 7) is 12.1. The third-order valence-electron chi connectivity index (χ3n) is 2.98. The van der Waals surface area contributed by atoms with Crippen molar-refractivity contribution in [2.75, 3.05) is 20.2 Å². The first-order valence-corrected chi connectivity index (χ1v) is 7.55. The number of ether oxygens (including phenoxy) is 1. The molecule has 5 heteroatoms. The third kappa shape index (κ3) is 7.87. The number of aryl methyl sites for hydroxylation is 1. The minimum atomic E-state index is 0. The van der Waals surface area contributed by atoms with Gasteiger partial charge in [0.25, 0.3) is 0 Å². The molecule has 2 N–H and O–H groups in total. The molecule has 126 valence electrons. The number of nitrogens with one attached hydrogen (secondary N) is 2. The van der Waals surface area contributed by atoms with Gasteiger partial charge in [0.1, 0.15) is 5.75 Å². The SMILES string of the molecule is CCNC(=NCCc1ccc(C)c(OC)c1)NC(C)(C)C.I. The highest BCUT2D eigenvalue weighted by molar-refractivity contribution is 14.0. The first kappa shape index (κ1) is 21.0. The fraction of sp³-hybridized carbons (Fsp3) is 0.588. The van der Waals surface area contributed by atoms with Crippen molar-refractivity contribution in [2.24, 2.45) is 4.99 Å². The van der Waals surface area contributed by atoms with Crippen molar-refractivity contribution >= 4 is 29.9 Å². The largest absolute Gasteiger partial charge is 0.496 e. The van der Waals surface area contributed by atoms with Gasteiger partial charge in [0.05, 0.1) is 7.11 Å². The van der Waals surface area contributed by atoms with Gasteiger partial charge in [0.15, 0.2) is 5.96 Å². The van der Waals surface area contributed by atoms with E-state index in [1.165, 1.54) is 5.56 Å². The molecule has 0 heterocycles. The van der Waals surface area contributed by atoms with Gasteiger partial charge in [-0.3, -0.25) is 4.99 Å². The lowest BCUT2D eigenvalue weighted by Gasteiger charge is -2.23. The Morgan fingerprint density at radius 3 is 2.50 bits per heavy atom. The molecule has 4 nitrogen and oxygen atoms in total. The highest BCUT2D eigenvalue weighted by atomic mass is 127. The van der Waals surface area contributed by atoms with Crippen LogP contribution in [0.5, 0.6) is 5.75 Å². The standard InChI is InChI=1S/C17H29N3O.HI/c1-7-18-16(20-17(3,4)5)19-11-10-14-9-8-13(2)15(12-14)21-6;/h8-9,12H,7,10-11H2,1-6H3,(H2,18,19,20);1H. The van der Waals surface area contributed by atoms with E-state index in [0.29, 0.717) is 0 Å². The second-order valence-corrected chi connectivity index (χ2v) is 6.19. The van der Waals surface area contributed by atoms with Crippen LogP contribution in [0, 0.1) is 6.92 Å². The lowest BCUT2D eigenvalue weighted by atomic mass is 10.1. The Labute approximate surface area is 152 Å². The number of halogens is 1. The van der Waals surface area contributed by atoms with Crippen LogP contribution >= 0.6 is 24.0 Å². The van der Waals surface area contributed by atoms with Crippen LogP contribution in [-0.4, -0.2) is 31.7 Å². The van der Waals surface area contributed by atoms with E-state index in [4.69, 9.17) is 4.74 Å². The van der Waals surface area contributed by atoms with Gasteiger partial charge in [0.2, 0.25) is 0 Å². The zero-order valence-electron chi connectivity index (χ0n) is 14.6. The Kier molecular flexibility index (Phi) is 9.48. The molecule has 0 fully saturated rings. The van der Waals surface area contributed by atoms with Crippen molar-refractivity contribution in [1.29, 1.82) is 0 Å². The van der Waals surface area contributed by atoms with Crippen LogP contribution in [0.3, 0.4) is 0 Å². The van der Waals surface area contributed by atoms with E-state index in [2.05, 4.69) is 68.4 Å². The van der Waals surface area contributed by atoms with Crippen LogP contribution in [0.4, 0.5) is 0 Å². The highest BCUT2D eigenvalue weighted by Crippen LogP contribution is 2.19. The summed E-state index contributed by atoms with van der Waals surface area (Å²) in [5.74, 6) is 1.81. The summed E-state index contributed by atoms with van der Waals surface area (Å²) in [4.78, 5) is 4.63. The third-order valence-corrected chi connectivity index (χ3v) is 2.98. The molecule has 1 rings (SSSR count). The number of methoxy groups -OCH3 is 1. The summed E-state index contributed by atoms with van der Waals surface area (Å²) in [6.07, 6.45) is 0.900. The molecule has 1 aromatic rings. The van der Waals surface area contributed by atoms with Crippen molar-refractivity contribution < 1.29 is 4.74 Å². The van der Waals surface area contributed by atoms with E-state index in [0.717, 1.165) is 36.8 Å². The lowest BCUT2D eigenvalue weighted by molar-refractivity contribution is 0.411. The van der Waals surface area contributed by atoms with Crippen molar-refractivity contribution in [3.8, 4) is 5.75 Å². The molecule has 0 radical (unpaired) electrons. The zero-order chi connectivity index (χ0) is 15.9. The molecule has 0 unspecified atom stereocenters. The molecule has 0 amide bonds. The van der Waals surface area contributed by atoms with Crippen molar-refractivity contribution in [2.45, 2.75) is 46.6 Å². The van der Waals surface area contributed by atoms with E-state index in [1.54, 1.807) is 7.11 Å². The molecule has 0 atom stereocenters. The molecule has 0 bridgehead atoms.